The summed E-state index contributed by atoms with van der Waals surface area (Å²) in [6.45, 7) is 7.45. The lowest BCUT2D eigenvalue weighted by Gasteiger charge is -2.30. The first-order valence-electron chi connectivity index (χ1n) is 16.9. The highest BCUT2D eigenvalue weighted by Crippen LogP contribution is 2.35. The molecule has 246 valence electrons. The minimum atomic E-state index is 0.000221. The monoisotopic (exact) mass is 633 g/mol. The van der Waals surface area contributed by atoms with Crippen LogP contribution in [0.4, 0.5) is 5.88 Å². The van der Waals surface area contributed by atoms with Crippen LogP contribution in [0.1, 0.15) is 66.2 Å². The summed E-state index contributed by atoms with van der Waals surface area (Å²) >= 11 is 0. The Kier molecular flexibility index (Phi) is 11.0. The van der Waals surface area contributed by atoms with Gasteiger partial charge in [0.15, 0.2) is 0 Å². The lowest BCUT2D eigenvalue weighted by Crippen LogP contribution is -2.30. The van der Waals surface area contributed by atoms with Crippen LogP contribution < -0.4 is 9.64 Å². The fourth-order valence-corrected chi connectivity index (χ4v) is 6.23. The first kappa shape index (κ1) is 32.5. The highest BCUT2D eigenvalue weighted by molar-refractivity contribution is 5.45. The number of fused-ring (bicyclic) bond motifs is 4. The van der Waals surface area contributed by atoms with Crippen LogP contribution in [0.2, 0.25) is 0 Å². The van der Waals surface area contributed by atoms with E-state index in [1.54, 1.807) is 0 Å². The summed E-state index contributed by atoms with van der Waals surface area (Å²) in [6, 6.07) is 29.5. The number of para-hydroxylation sites is 1. The third-order valence-electron chi connectivity index (χ3n) is 8.69. The molecule has 3 heterocycles. The second kappa shape index (κ2) is 15.9. The summed E-state index contributed by atoms with van der Waals surface area (Å²) in [7, 11) is 4.14. The summed E-state index contributed by atoms with van der Waals surface area (Å²) in [6.07, 6.45) is 5.64. The number of likely N-dealkylation sites (N-methyl/N-ethyl adjacent to an activating group) is 1. The summed E-state index contributed by atoms with van der Waals surface area (Å²) in [5.74, 6) is 2.49. The van der Waals surface area contributed by atoms with Crippen molar-refractivity contribution in [3.8, 4) is 5.75 Å². The Hall–Kier alpha value is -4.47. The quantitative estimate of drug-likeness (QED) is 0.158. The van der Waals surface area contributed by atoms with Crippen molar-refractivity contribution >= 4 is 5.88 Å². The van der Waals surface area contributed by atoms with Gasteiger partial charge in [-0.05, 0) is 57.1 Å². The van der Waals surface area contributed by atoms with Gasteiger partial charge in [0.05, 0.1) is 18.8 Å². The van der Waals surface area contributed by atoms with Crippen molar-refractivity contribution in [3.05, 3.63) is 125 Å². The molecule has 9 nitrogen and oxygen atoms in total. The molecule has 1 atom stereocenters. The fourth-order valence-electron chi connectivity index (χ4n) is 6.23. The van der Waals surface area contributed by atoms with Crippen LogP contribution in [0.5, 0.6) is 5.75 Å². The number of hydrogen-bond donors (Lipinski definition) is 0. The molecule has 9 heteroatoms. The minimum Gasteiger partial charge on any atom is -0.492 e. The first-order valence-corrected chi connectivity index (χ1v) is 16.9. The highest BCUT2D eigenvalue weighted by atomic mass is 16.5. The van der Waals surface area contributed by atoms with Gasteiger partial charge in [0.1, 0.15) is 23.7 Å². The predicted octanol–water partition coefficient (Wildman–Crippen LogP) is 6.75. The Morgan fingerprint density at radius 3 is 2.36 bits per heavy atom. The van der Waals surface area contributed by atoms with Gasteiger partial charge in [0.2, 0.25) is 11.8 Å². The lowest BCUT2D eigenvalue weighted by atomic mass is 10.1. The van der Waals surface area contributed by atoms with Gasteiger partial charge in [-0.3, -0.25) is 9.58 Å². The zero-order chi connectivity index (χ0) is 32.4. The van der Waals surface area contributed by atoms with Gasteiger partial charge >= 0.3 is 0 Å². The van der Waals surface area contributed by atoms with Crippen LogP contribution in [-0.2, 0) is 32.6 Å². The van der Waals surface area contributed by atoms with Crippen molar-refractivity contribution in [2.45, 2.75) is 64.8 Å². The second-order valence-corrected chi connectivity index (χ2v) is 12.6. The van der Waals surface area contributed by atoms with E-state index in [2.05, 4.69) is 137 Å². The van der Waals surface area contributed by atoms with E-state index in [9.17, 15) is 0 Å². The number of ether oxygens (including phenoxy) is 1. The maximum absolute atomic E-state index is 6.94. The van der Waals surface area contributed by atoms with Crippen molar-refractivity contribution in [2.24, 2.45) is 0 Å². The van der Waals surface area contributed by atoms with Crippen molar-refractivity contribution in [1.29, 1.82) is 0 Å². The van der Waals surface area contributed by atoms with Crippen LogP contribution in [0, 0.1) is 0 Å². The largest absolute Gasteiger partial charge is 0.492 e. The maximum atomic E-state index is 6.94. The maximum Gasteiger partial charge on any atom is 0.220 e. The van der Waals surface area contributed by atoms with Crippen LogP contribution in [0.3, 0.4) is 0 Å². The SMILES string of the molecule is CCC1c2nc(Cc3ccccc3)c(o2)N(Cc2ccccc2)Cc2cn(nn2)CCCCN1Cc1ccccc1OCCN(C)C. The molecule has 0 saturated heterocycles. The standard InChI is InChI=1S/C38H47N7O2/c1-4-35-37-39-34(25-30-15-7-5-8-16-30)38(47-37)44(26-31-17-9-6-10-18-31)28-33-29-45(41-40-33)22-14-13-21-43(35)27-32-19-11-12-20-36(32)46-24-23-42(2)3/h5-12,15-20,29,35H,4,13-14,21-28H2,1-3H3. The van der Waals surface area contributed by atoms with Crippen molar-refractivity contribution < 1.29 is 9.15 Å². The molecule has 0 amide bonds. The van der Waals surface area contributed by atoms with Gasteiger partial charge in [0.25, 0.3) is 0 Å². The number of rotatable bonds is 11. The van der Waals surface area contributed by atoms with E-state index in [4.69, 9.17) is 14.1 Å². The van der Waals surface area contributed by atoms with Gasteiger partial charge < -0.3 is 19.0 Å². The normalized spacial score (nSPS) is 15.9. The Labute approximate surface area is 278 Å². The summed E-state index contributed by atoms with van der Waals surface area (Å²) in [5.41, 5.74) is 5.43. The van der Waals surface area contributed by atoms with Gasteiger partial charge in [-0.15, -0.1) is 5.10 Å². The number of benzene rings is 3. The molecule has 3 aromatic carbocycles. The van der Waals surface area contributed by atoms with E-state index < -0.39 is 0 Å². The zero-order valence-electron chi connectivity index (χ0n) is 28.0. The molecule has 2 aromatic heterocycles. The Morgan fingerprint density at radius 1 is 0.872 bits per heavy atom. The molecular formula is C38H47N7O2. The molecule has 0 aliphatic carbocycles. The molecule has 1 unspecified atom stereocenters. The summed E-state index contributed by atoms with van der Waals surface area (Å²) in [4.78, 5) is 12.3. The van der Waals surface area contributed by atoms with Gasteiger partial charge in [0, 0.05) is 38.2 Å². The molecule has 1 aliphatic rings. The van der Waals surface area contributed by atoms with Gasteiger partial charge in [-0.2, -0.15) is 0 Å². The number of aryl methyl sites for hydroxylation is 1. The minimum absolute atomic E-state index is 0.000221. The third kappa shape index (κ3) is 8.67. The summed E-state index contributed by atoms with van der Waals surface area (Å²) in [5, 5.41) is 9.06. The molecule has 0 spiro atoms. The predicted molar refractivity (Wildman–Crippen MR) is 185 cm³/mol. The average molecular weight is 634 g/mol. The molecule has 47 heavy (non-hydrogen) atoms. The number of nitrogens with zero attached hydrogens (tertiary/aromatic N) is 7. The molecule has 6 rings (SSSR count). The molecule has 1 aliphatic heterocycles. The molecule has 5 aromatic rings. The van der Waals surface area contributed by atoms with Gasteiger partial charge in [-0.1, -0.05) is 91.0 Å². The molecule has 4 bridgehead atoms. The van der Waals surface area contributed by atoms with E-state index in [1.807, 2.05) is 4.68 Å². The molecular weight excluding hydrogens is 586 g/mol. The average Bonchev–Trinajstić information content (AvgIpc) is 3.71. The zero-order valence-corrected chi connectivity index (χ0v) is 28.0. The molecule has 0 fully saturated rings. The topological polar surface area (TPSA) is 75.7 Å². The number of anilines is 1. The Morgan fingerprint density at radius 2 is 1.60 bits per heavy atom. The third-order valence-corrected chi connectivity index (χ3v) is 8.69. The number of aromatic nitrogens is 4. The van der Waals surface area contributed by atoms with Crippen LogP contribution in [0.15, 0.2) is 95.5 Å². The van der Waals surface area contributed by atoms with Gasteiger partial charge in [-0.25, -0.2) is 4.98 Å². The number of oxazole rings is 1. The fraction of sp³-hybridized carbons (Fsp3) is 0.395. The molecule has 0 saturated carbocycles. The van der Waals surface area contributed by atoms with Crippen LogP contribution >= 0.6 is 0 Å². The van der Waals surface area contributed by atoms with E-state index in [-0.39, 0.29) is 6.04 Å². The van der Waals surface area contributed by atoms with Crippen molar-refractivity contribution in [2.75, 3.05) is 38.7 Å². The van der Waals surface area contributed by atoms with Crippen LogP contribution in [-0.4, -0.2) is 63.6 Å². The van der Waals surface area contributed by atoms with Crippen LogP contribution in [0.25, 0.3) is 0 Å². The smallest absolute Gasteiger partial charge is 0.220 e. The highest BCUT2D eigenvalue weighted by Gasteiger charge is 2.29. The first-order chi connectivity index (χ1) is 23.1. The molecule has 0 radical (unpaired) electrons. The van der Waals surface area contributed by atoms with E-state index in [1.165, 1.54) is 16.7 Å². The Balaban J connectivity index is 1.39. The van der Waals surface area contributed by atoms with E-state index in [0.29, 0.717) is 26.1 Å². The van der Waals surface area contributed by atoms with Crippen molar-refractivity contribution in [3.63, 3.8) is 0 Å². The lowest BCUT2D eigenvalue weighted by molar-refractivity contribution is 0.150. The second-order valence-electron chi connectivity index (χ2n) is 12.6. The van der Waals surface area contributed by atoms with E-state index in [0.717, 1.165) is 74.4 Å². The number of hydrogen-bond acceptors (Lipinski definition) is 8. The van der Waals surface area contributed by atoms with E-state index >= 15 is 0 Å². The molecule has 0 N–H and O–H groups in total. The Bertz CT molecular complexity index is 1670. The summed E-state index contributed by atoms with van der Waals surface area (Å²) < 4.78 is 15.2. The van der Waals surface area contributed by atoms with Crippen molar-refractivity contribution in [1.82, 2.24) is 29.8 Å².